The van der Waals surface area contributed by atoms with Gasteiger partial charge in [-0.3, -0.25) is 0 Å². The minimum Gasteiger partial charge on any atom is -0.310 e. The average Bonchev–Trinajstić information content (AvgIpc) is 2.04. The summed E-state index contributed by atoms with van der Waals surface area (Å²) in [5, 5.41) is 6.50. The zero-order chi connectivity index (χ0) is 8.27. The Morgan fingerprint density at radius 1 is 1.36 bits per heavy atom. The lowest BCUT2D eigenvalue weighted by Gasteiger charge is -2.32. The van der Waals surface area contributed by atoms with Crippen LogP contribution in [-0.2, 0) is 4.79 Å². The Kier molecular flexibility index (Phi) is 3.02. The molecule has 1 saturated heterocycles. The standard InChI is InChI=1S/C8H16N2O/c1-6(2)8-7(5-11)9-3-4-10-8/h5-10H,3-4H2,1-2H3. The van der Waals surface area contributed by atoms with E-state index in [1.807, 2.05) is 0 Å². The second kappa shape index (κ2) is 3.83. The molecule has 2 atom stereocenters. The van der Waals surface area contributed by atoms with Crippen LogP contribution in [0.25, 0.3) is 0 Å². The van der Waals surface area contributed by atoms with E-state index >= 15 is 0 Å². The van der Waals surface area contributed by atoms with Crippen LogP contribution in [0.4, 0.5) is 0 Å². The van der Waals surface area contributed by atoms with Crippen LogP contribution in [0.1, 0.15) is 13.8 Å². The second-order valence-electron chi connectivity index (χ2n) is 3.34. The van der Waals surface area contributed by atoms with Crippen LogP contribution in [-0.4, -0.2) is 31.5 Å². The lowest BCUT2D eigenvalue weighted by atomic mass is 9.96. The van der Waals surface area contributed by atoms with Gasteiger partial charge in [-0.2, -0.15) is 0 Å². The summed E-state index contributed by atoms with van der Waals surface area (Å²) in [5.74, 6) is 0.512. The Labute approximate surface area is 67.5 Å². The maximum absolute atomic E-state index is 10.6. The van der Waals surface area contributed by atoms with Gasteiger partial charge in [0.2, 0.25) is 0 Å². The molecule has 0 aromatic heterocycles. The highest BCUT2D eigenvalue weighted by Gasteiger charge is 2.25. The van der Waals surface area contributed by atoms with Crippen molar-refractivity contribution < 1.29 is 4.79 Å². The van der Waals surface area contributed by atoms with E-state index in [0.717, 1.165) is 19.4 Å². The van der Waals surface area contributed by atoms with Crippen LogP contribution in [0.15, 0.2) is 0 Å². The van der Waals surface area contributed by atoms with Crippen molar-refractivity contribution in [3.8, 4) is 0 Å². The third kappa shape index (κ3) is 2.01. The van der Waals surface area contributed by atoms with Crippen molar-refractivity contribution in [3.63, 3.8) is 0 Å². The summed E-state index contributed by atoms with van der Waals surface area (Å²) in [4.78, 5) is 10.6. The van der Waals surface area contributed by atoms with Crippen LogP contribution in [0.5, 0.6) is 0 Å². The average molecular weight is 156 g/mol. The number of rotatable bonds is 2. The maximum Gasteiger partial charge on any atom is 0.138 e. The topological polar surface area (TPSA) is 41.1 Å². The lowest BCUT2D eigenvalue weighted by molar-refractivity contribution is -0.110. The number of hydrogen-bond donors (Lipinski definition) is 2. The zero-order valence-electron chi connectivity index (χ0n) is 7.13. The summed E-state index contributed by atoms with van der Waals surface area (Å²) in [6.07, 6.45) is 0.997. The number of carbonyl (C=O) groups excluding carboxylic acids is 1. The van der Waals surface area contributed by atoms with Crippen molar-refractivity contribution in [1.29, 1.82) is 0 Å². The number of hydrogen-bond acceptors (Lipinski definition) is 3. The zero-order valence-corrected chi connectivity index (χ0v) is 7.13. The van der Waals surface area contributed by atoms with Crippen LogP contribution in [0.3, 0.4) is 0 Å². The first-order valence-electron chi connectivity index (χ1n) is 4.17. The van der Waals surface area contributed by atoms with Gasteiger partial charge in [0.05, 0.1) is 6.04 Å². The quantitative estimate of drug-likeness (QED) is 0.543. The van der Waals surface area contributed by atoms with E-state index < -0.39 is 0 Å². The first-order chi connectivity index (χ1) is 5.25. The molecule has 1 aliphatic heterocycles. The number of carbonyl (C=O) groups is 1. The molecular weight excluding hydrogens is 140 g/mol. The van der Waals surface area contributed by atoms with Gasteiger partial charge >= 0.3 is 0 Å². The molecule has 64 valence electrons. The van der Waals surface area contributed by atoms with Crippen molar-refractivity contribution in [2.24, 2.45) is 5.92 Å². The van der Waals surface area contributed by atoms with Crippen LogP contribution < -0.4 is 10.6 Å². The van der Waals surface area contributed by atoms with E-state index in [2.05, 4.69) is 24.5 Å². The van der Waals surface area contributed by atoms with Gasteiger partial charge in [0.15, 0.2) is 0 Å². The predicted octanol–water partition coefficient (Wildman–Crippen LogP) is -0.229. The Morgan fingerprint density at radius 2 is 2.00 bits per heavy atom. The van der Waals surface area contributed by atoms with E-state index in [-0.39, 0.29) is 6.04 Å². The van der Waals surface area contributed by atoms with E-state index in [4.69, 9.17) is 0 Å². The fourth-order valence-corrected chi connectivity index (χ4v) is 1.51. The van der Waals surface area contributed by atoms with Crippen molar-refractivity contribution in [2.75, 3.05) is 13.1 Å². The first-order valence-corrected chi connectivity index (χ1v) is 4.17. The van der Waals surface area contributed by atoms with Crippen LogP contribution in [0, 0.1) is 5.92 Å². The molecule has 3 heteroatoms. The van der Waals surface area contributed by atoms with Crippen LogP contribution in [0.2, 0.25) is 0 Å². The molecule has 3 nitrogen and oxygen atoms in total. The highest BCUT2D eigenvalue weighted by molar-refractivity contribution is 5.59. The van der Waals surface area contributed by atoms with Crippen LogP contribution >= 0.6 is 0 Å². The summed E-state index contributed by atoms with van der Waals surface area (Å²) in [6, 6.07) is 0.310. The van der Waals surface area contributed by atoms with Crippen molar-refractivity contribution >= 4 is 6.29 Å². The molecule has 0 saturated carbocycles. The van der Waals surface area contributed by atoms with Crippen molar-refractivity contribution in [3.05, 3.63) is 0 Å². The number of piperazine rings is 1. The smallest absolute Gasteiger partial charge is 0.138 e. The predicted molar refractivity (Wildman–Crippen MR) is 44.5 cm³/mol. The molecular formula is C8H16N2O. The third-order valence-electron chi connectivity index (χ3n) is 2.14. The molecule has 1 aliphatic rings. The minimum absolute atomic E-state index is 0.00347. The monoisotopic (exact) mass is 156 g/mol. The van der Waals surface area contributed by atoms with Gasteiger partial charge in [0, 0.05) is 19.1 Å². The lowest BCUT2D eigenvalue weighted by Crippen LogP contribution is -2.58. The summed E-state index contributed by atoms with van der Waals surface area (Å²) in [7, 11) is 0. The molecule has 2 unspecified atom stereocenters. The normalized spacial score (nSPS) is 32.3. The molecule has 1 fully saturated rings. The third-order valence-corrected chi connectivity index (χ3v) is 2.14. The van der Waals surface area contributed by atoms with Gasteiger partial charge in [-0.1, -0.05) is 13.8 Å². The molecule has 0 aromatic carbocycles. The van der Waals surface area contributed by atoms with E-state index in [9.17, 15) is 4.79 Å². The Balaban J connectivity index is 2.51. The summed E-state index contributed by atoms with van der Waals surface area (Å²) in [6.45, 7) is 6.11. The van der Waals surface area contributed by atoms with Crippen molar-refractivity contribution in [1.82, 2.24) is 10.6 Å². The van der Waals surface area contributed by atoms with Gasteiger partial charge in [0.1, 0.15) is 6.29 Å². The van der Waals surface area contributed by atoms with Gasteiger partial charge in [0.25, 0.3) is 0 Å². The number of nitrogens with one attached hydrogen (secondary N) is 2. The molecule has 1 rings (SSSR count). The molecule has 0 aromatic rings. The van der Waals surface area contributed by atoms with Gasteiger partial charge in [-0.05, 0) is 5.92 Å². The maximum atomic E-state index is 10.6. The van der Waals surface area contributed by atoms with E-state index in [1.165, 1.54) is 0 Å². The molecule has 0 aliphatic carbocycles. The largest absolute Gasteiger partial charge is 0.310 e. The molecule has 0 radical (unpaired) electrons. The summed E-state index contributed by atoms with van der Waals surface area (Å²) in [5.41, 5.74) is 0. The molecule has 11 heavy (non-hydrogen) atoms. The fourth-order valence-electron chi connectivity index (χ4n) is 1.51. The molecule has 0 bridgehead atoms. The van der Waals surface area contributed by atoms with Crippen molar-refractivity contribution in [2.45, 2.75) is 25.9 Å². The highest BCUT2D eigenvalue weighted by Crippen LogP contribution is 2.07. The Hall–Kier alpha value is -0.410. The van der Waals surface area contributed by atoms with Gasteiger partial charge in [-0.15, -0.1) is 0 Å². The SMILES string of the molecule is CC(C)C1NCCNC1C=O. The molecule has 2 N–H and O–H groups in total. The Bertz CT molecular complexity index is 136. The minimum atomic E-state index is 0.00347. The summed E-state index contributed by atoms with van der Waals surface area (Å²) < 4.78 is 0. The number of aldehydes is 1. The Morgan fingerprint density at radius 3 is 2.45 bits per heavy atom. The molecule has 0 spiro atoms. The fraction of sp³-hybridized carbons (Fsp3) is 0.875. The second-order valence-corrected chi connectivity index (χ2v) is 3.34. The molecule has 1 heterocycles. The van der Waals surface area contributed by atoms with E-state index in [0.29, 0.717) is 12.0 Å². The van der Waals surface area contributed by atoms with E-state index in [1.54, 1.807) is 0 Å². The van der Waals surface area contributed by atoms with Gasteiger partial charge < -0.3 is 15.4 Å². The first kappa shape index (κ1) is 8.68. The highest BCUT2D eigenvalue weighted by atomic mass is 16.1. The van der Waals surface area contributed by atoms with Gasteiger partial charge in [-0.25, -0.2) is 0 Å². The molecule has 0 amide bonds. The summed E-state index contributed by atoms with van der Waals surface area (Å²) >= 11 is 0.